The molecule has 0 aliphatic carbocycles. The van der Waals surface area contributed by atoms with Gasteiger partial charge in [-0.3, -0.25) is 14.2 Å². The number of benzene rings is 1. The van der Waals surface area contributed by atoms with Gasteiger partial charge in [0, 0.05) is 7.05 Å². The van der Waals surface area contributed by atoms with Crippen LogP contribution in [0.2, 0.25) is 10.0 Å². The Morgan fingerprint density at radius 2 is 2.12 bits per heavy atom. The predicted molar refractivity (Wildman–Crippen MR) is 105 cm³/mol. The zero-order chi connectivity index (χ0) is 18.1. The number of anilines is 1. The summed E-state index contributed by atoms with van der Waals surface area (Å²) in [7, 11) is 1.65. The zero-order valence-electron chi connectivity index (χ0n) is 13.2. The summed E-state index contributed by atoms with van der Waals surface area (Å²) in [6.07, 6.45) is 0. The average molecular weight is 414 g/mol. The van der Waals surface area contributed by atoms with Crippen LogP contribution < -0.4 is 10.9 Å². The molecule has 3 rings (SSSR count). The molecule has 5 nitrogen and oxygen atoms in total. The van der Waals surface area contributed by atoms with Crippen molar-refractivity contribution in [2.45, 2.75) is 17.3 Å². The lowest BCUT2D eigenvalue weighted by Crippen LogP contribution is -2.25. The largest absolute Gasteiger partial charge is 0.324 e. The van der Waals surface area contributed by atoms with E-state index in [4.69, 9.17) is 23.2 Å². The van der Waals surface area contributed by atoms with E-state index in [0.29, 0.717) is 31.1 Å². The van der Waals surface area contributed by atoms with Gasteiger partial charge in [-0.25, -0.2) is 4.98 Å². The fourth-order valence-electron chi connectivity index (χ4n) is 2.12. The van der Waals surface area contributed by atoms with Crippen molar-refractivity contribution >= 4 is 68.1 Å². The van der Waals surface area contributed by atoms with Gasteiger partial charge in [0.15, 0.2) is 5.16 Å². The van der Waals surface area contributed by atoms with Crippen LogP contribution in [-0.2, 0) is 11.8 Å². The lowest BCUT2D eigenvalue weighted by Gasteiger charge is -2.14. The van der Waals surface area contributed by atoms with E-state index in [-0.39, 0.29) is 11.5 Å². The van der Waals surface area contributed by atoms with Crippen molar-refractivity contribution in [3.05, 3.63) is 50.0 Å². The standard InChI is InChI=1S/C16H13Cl2N3O2S2/c1-8(14(22)19-10-5-3-4-9(17)12(10)18)25-16-20-11-6-7-24-13(11)15(23)21(16)2/h3-8H,1-2H3,(H,19,22). The second-order valence-corrected chi connectivity index (χ2v) is 8.25. The maximum atomic E-state index is 12.4. The van der Waals surface area contributed by atoms with Crippen LogP contribution in [0, 0.1) is 0 Å². The summed E-state index contributed by atoms with van der Waals surface area (Å²) < 4.78 is 2.06. The highest BCUT2D eigenvalue weighted by Gasteiger charge is 2.19. The van der Waals surface area contributed by atoms with E-state index in [0.717, 1.165) is 0 Å². The maximum absolute atomic E-state index is 12.4. The highest BCUT2D eigenvalue weighted by molar-refractivity contribution is 8.00. The third-order valence-corrected chi connectivity index (χ3v) is 6.36. The van der Waals surface area contributed by atoms with Crippen molar-refractivity contribution in [2.24, 2.45) is 7.05 Å². The molecule has 0 bridgehead atoms. The summed E-state index contributed by atoms with van der Waals surface area (Å²) in [5, 5.41) is 5.23. The van der Waals surface area contributed by atoms with Gasteiger partial charge < -0.3 is 5.32 Å². The maximum Gasteiger partial charge on any atom is 0.271 e. The van der Waals surface area contributed by atoms with Crippen LogP contribution in [0.15, 0.2) is 39.6 Å². The Balaban J connectivity index is 1.81. The molecule has 25 heavy (non-hydrogen) atoms. The van der Waals surface area contributed by atoms with Gasteiger partial charge >= 0.3 is 0 Å². The Morgan fingerprint density at radius 3 is 2.88 bits per heavy atom. The van der Waals surface area contributed by atoms with Crippen LogP contribution in [0.3, 0.4) is 0 Å². The minimum atomic E-state index is -0.482. The van der Waals surface area contributed by atoms with E-state index in [1.165, 1.54) is 27.7 Å². The molecule has 2 heterocycles. The number of nitrogens with one attached hydrogen (secondary N) is 1. The molecular formula is C16H13Cl2N3O2S2. The van der Waals surface area contributed by atoms with Crippen molar-refractivity contribution in [3.8, 4) is 0 Å². The Bertz CT molecular complexity index is 1020. The summed E-state index contributed by atoms with van der Waals surface area (Å²) in [5.74, 6) is -0.256. The molecule has 2 aromatic heterocycles. The first kappa shape index (κ1) is 18.3. The Kier molecular flexibility index (Phi) is 5.38. The molecular weight excluding hydrogens is 401 g/mol. The molecule has 1 unspecified atom stereocenters. The number of thiophene rings is 1. The van der Waals surface area contributed by atoms with Gasteiger partial charge in [0.1, 0.15) is 4.70 Å². The molecule has 3 aromatic rings. The van der Waals surface area contributed by atoms with E-state index in [9.17, 15) is 9.59 Å². The molecule has 1 amide bonds. The lowest BCUT2D eigenvalue weighted by molar-refractivity contribution is -0.115. The van der Waals surface area contributed by atoms with E-state index in [2.05, 4.69) is 10.3 Å². The number of hydrogen-bond acceptors (Lipinski definition) is 5. The zero-order valence-corrected chi connectivity index (χ0v) is 16.4. The molecule has 130 valence electrons. The van der Waals surface area contributed by atoms with Crippen LogP contribution in [0.5, 0.6) is 0 Å². The number of nitrogens with zero attached hydrogens (tertiary/aromatic N) is 2. The van der Waals surface area contributed by atoms with Crippen LogP contribution >= 0.6 is 46.3 Å². The number of rotatable bonds is 4. The monoisotopic (exact) mass is 413 g/mol. The number of fused-ring (bicyclic) bond motifs is 1. The minimum absolute atomic E-state index is 0.118. The van der Waals surface area contributed by atoms with E-state index >= 15 is 0 Å². The number of halogens is 2. The minimum Gasteiger partial charge on any atom is -0.324 e. The van der Waals surface area contributed by atoms with Crippen LogP contribution in [-0.4, -0.2) is 20.7 Å². The third kappa shape index (κ3) is 3.69. The summed E-state index contributed by atoms with van der Waals surface area (Å²) in [6, 6.07) is 6.82. The first-order valence-corrected chi connectivity index (χ1v) is 9.75. The Morgan fingerprint density at radius 1 is 1.36 bits per heavy atom. The fraction of sp³-hybridized carbons (Fsp3) is 0.188. The van der Waals surface area contributed by atoms with Gasteiger partial charge in [0.25, 0.3) is 5.56 Å². The molecule has 1 atom stereocenters. The quantitative estimate of drug-likeness (QED) is 0.507. The van der Waals surface area contributed by atoms with Gasteiger partial charge in [-0.05, 0) is 30.5 Å². The second-order valence-electron chi connectivity index (χ2n) is 5.24. The van der Waals surface area contributed by atoms with Crippen LogP contribution in [0.25, 0.3) is 10.2 Å². The molecule has 0 saturated carbocycles. The van der Waals surface area contributed by atoms with Gasteiger partial charge in [-0.15, -0.1) is 11.3 Å². The first-order chi connectivity index (χ1) is 11.9. The van der Waals surface area contributed by atoms with Crippen molar-refractivity contribution < 1.29 is 4.79 Å². The van der Waals surface area contributed by atoms with Crippen LogP contribution in [0.4, 0.5) is 5.69 Å². The average Bonchev–Trinajstić information content (AvgIpc) is 3.05. The highest BCUT2D eigenvalue weighted by atomic mass is 35.5. The highest BCUT2D eigenvalue weighted by Crippen LogP contribution is 2.30. The summed E-state index contributed by atoms with van der Waals surface area (Å²) in [6.45, 7) is 1.74. The summed E-state index contributed by atoms with van der Waals surface area (Å²) in [5.41, 5.74) is 0.968. The van der Waals surface area contributed by atoms with Crippen molar-refractivity contribution in [1.29, 1.82) is 0 Å². The number of carbonyl (C=O) groups is 1. The SMILES string of the molecule is CC(Sc1nc2ccsc2c(=O)n1C)C(=O)Nc1cccc(Cl)c1Cl. The number of amides is 1. The molecule has 0 aliphatic heterocycles. The molecule has 1 aromatic carbocycles. The lowest BCUT2D eigenvalue weighted by atomic mass is 10.3. The van der Waals surface area contributed by atoms with Gasteiger partial charge in [0.05, 0.1) is 26.5 Å². The van der Waals surface area contributed by atoms with Gasteiger partial charge in [-0.2, -0.15) is 0 Å². The molecule has 9 heteroatoms. The molecule has 0 radical (unpaired) electrons. The predicted octanol–water partition coefficient (Wildman–Crippen LogP) is 4.42. The normalized spacial score (nSPS) is 12.3. The van der Waals surface area contributed by atoms with Gasteiger partial charge in [-0.1, -0.05) is 41.0 Å². The van der Waals surface area contributed by atoms with Crippen molar-refractivity contribution in [3.63, 3.8) is 0 Å². The second kappa shape index (κ2) is 7.37. The fourth-order valence-corrected chi connectivity index (χ4v) is 4.15. The van der Waals surface area contributed by atoms with Crippen molar-refractivity contribution in [1.82, 2.24) is 9.55 Å². The number of thioether (sulfide) groups is 1. The smallest absolute Gasteiger partial charge is 0.271 e. The summed E-state index contributed by atoms with van der Waals surface area (Å²) >= 11 is 14.6. The number of aromatic nitrogens is 2. The third-order valence-electron chi connectivity index (χ3n) is 3.51. The molecule has 0 spiro atoms. The van der Waals surface area contributed by atoms with Crippen molar-refractivity contribution in [2.75, 3.05) is 5.32 Å². The van der Waals surface area contributed by atoms with Gasteiger partial charge in [0.2, 0.25) is 5.91 Å². The van der Waals surface area contributed by atoms with E-state index < -0.39 is 5.25 Å². The first-order valence-electron chi connectivity index (χ1n) is 7.24. The molecule has 0 fully saturated rings. The van der Waals surface area contributed by atoms with E-state index in [1.54, 1.807) is 38.2 Å². The summed E-state index contributed by atoms with van der Waals surface area (Å²) in [4.78, 5) is 29.2. The number of hydrogen-bond donors (Lipinski definition) is 1. The number of carbonyl (C=O) groups excluding carboxylic acids is 1. The molecule has 0 saturated heterocycles. The topological polar surface area (TPSA) is 64.0 Å². The Hall–Kier alpha value is -1.54. The molecule has 1 N–H and O–H groups in total. The van der Waals surface area contributed by atoms with Crippen LogP contribution in [0.1, 0.15) is 6.92 Å². The Labute approximate surface area is 162 Å². The van der Waals surface area contributed by atoms with E-state index in [1.807, 2.05) is 5.38 Å². The molecule has 0 aliphatic rings.